The van der Waals surface area contributed by atoms with Crippen LogP contribution in [0.5, 0.6) is 0 Å². The summed E-state index contributed by atoms with van der Waals surface area (Å²) in [7, 11) is 0. The Hall–Kier alpha value is -3.55. The zero-order valence-electron chi connectivity index (χ0n) is 15.5. The van der Waals surface area contributed by atoms with E-state index in [1.54, 1.807) is 18.2 Å². The van der Waals surface area contributed by atoms with E-state index in [-0.39, 0.29) is 12.5 Å². The van der Waals surface area contributed by atoms with Crippen molar-refractivity contribution in [1.82, 2.24) is 5.01 Å². The van der Waals surface area contributed by atoms with Gasteiger partial charge in [0.15, 0.2) is 12.1 Å². The third kappa shape index (κ3) is 3.13. The zero-order chi connectivity index (χ0) is 19.8. The average molecular weight is 377 g/mol. The van der Waals surface area contributed by atoms with Crippen molar-refractivity contribution in [2.45, 2.75) is 25.9 Å². The Morgan fingerprint density at radius 2 is 1.79 bits per heavy atom. The highest BCUT2D eigenvalue weighted by Gasteiger charge is 2.55. The molecule has 2 aliphatic heterocycles. The molecule has 1 fully saturated rings. The predicted molar refractivity (Wildman–Crippen MR) is 103 cm³/mol. The second-order valence-corrected chi connectivity index (χ2v) is 6.96. The molecule has 2 aromatic rings. The predicted octanol–water partition coefficient (Wildman–Crippen LogP) is 2.24. The van der Waals surface area contributed by atoms with E-state index in [0.717, 1.165) is 16.0 Å². The number of hydrogen-bond acceptors (Lipinski definition) is 6. The third-order valence-electron chi connectivity index (χ3n) is 4.76. The Morgan fingerprint density at radius 3 is 2.50 bits per heavy atom. The number of nitrogens with one attached hydrogen (secondary N) is 1. The number of carbonyl (C=O) groups is 3. The summed E-state index contributed by atoms with van der Waals surface area (Å²) in [6.45, 7) is 3.69. The van der Waals surface area contributed by atoms with Crippen molar-refractivity contribution >= 4 is 29.1 Å². The van der Waals surface area contributed by atoms with Gasteiger partial charge in [0.2, 0.25) is 5.91 Å². The van der Waals surface area contributed by atoms with E-state index in [1.165, 1.54) is 5.01 Å². The number of fused-ring (bicyclic) bond motifs is 1. The van der Waals surface area contributed by atoms with E-state index in [2.05, 4.69) is 15.7 Å². The molecule has 4 rings (SSSR count). The lowest BCUT2D eigenvalue weighted by atomic mass is 10.1. The Morgan fingerprint density at radius 1 is 1.04 bits per heavy atom. The van der Waals surface area contributed by atoms with Gasteiger partial charge in [-0.25, -0.2) is 4.90 Å². The summed E-state index contributed by atoms with van der Waals surface area (Å²) in [5, 5.41) is 11.9. The van der Waals surface area contributed by atoms with Gasteiger partial charge in [-0.05, 0) is 43.7 Å². The summed E-state index contributed by atoms with van der Waals surface area (Å²) >= 11 is 0. The molecule has 0 spiro atoms. The molecule has 0 saturated carbocycles. The first kappa shape index (κ1) is 17.8. The molecule has 1 saturated heterocycles. The SMILES string of the molecule is Cc1ccc(N2C(=O)[C@H]3N=NN(CC(=O)Nc4cccc(C)c4)[C@@H]3C2=O)cc1. The van der Waals surface area contributed by atoms with Crippen molar-refractivity contribution in [3.05, 3.63) is 59.7 Å². The minimum atomic E-state index is -0.916. The van der Waals surface area contributed by atoms with Gasteiger partial charge in [-0.3, -0.25) is 19.4 Å². The minimum Gasteiger partial charge on any atom is -0.324 e. The topological polar surface area (TPSA) is 94.4 Å². The molecule has 0 unspecified atom stereocenters. The molecule has 8 heteroatoms. The number of rotatable bonds is 4. The van der Waals surface area contributed by atoms with Crippen LogP contribution in [0.3, 0.4) is 0 Å². The van der Waals surface area contributed by atoms with E-state index in [0.29, 0.717) is 11.4 Å². The van der Waals surface area contributed by atoms with Crippen LogP contribution in [-0.4, -0.2) is 41.4 Å². The maximum Gasteiger partial charge on any atom is 0.263 e. The summed E-state index contributed by atoms with van der Waals surface area (Å²) in [6, 6.07) is 12.7. The van der Waals surface area contributed by atoms with Crippen LogP contribution in [0.25, 0.3) is 0 Å². The van der Waals surface area contributed by atoms with E-state index < -0.39 is 23.9 Å². The lowest BCUT2D eigenvalue weighted by molar-refractivity contribution is -0.123. The Bertz CT molecular complexity index is 986. The van der Waals surface area contributed by atoms with E-state index in [1.807, 2.05) is 44.2 Å². The molecule has 142 valence electrons. The maximum atomic E-state index is 12.9. The van der Waals surface area contributed by atoms with Gasteiger partial charge in [0.25, 0.3) is 11.8 Å². The molecule has 28 heavy (non-hydrogen) atoms. The number of nitrogens with zero attached hydrogens (tertiary/aromatic N) is 4. The second kappa shape index (κ2) is 6.88. The Labute approximate surface area is 161 Å². The van der Waals surface area contributed by atoms with Gasteiger partial charge < -0.3 is 5.32 Å². The van der Waals surface area contributed by atoms with Crippen LogP contribution in [0.2, 0.25) is 0 Å². The van der Waals surface area contributed by atoms with Gasteiger partial charge in [0.1, 0.15) is 6.54 Å². The number of imide groups is 1. The standard InChI is InChI=1S/C20H19N5O3/c1-12-6-8-15(9-7-12)25-19(27)17-18(20(25)28)24(23-22-17)11-16(26)21-14-5-3-4-13(2)10-14/h3-10,17-18H,11H2,1-2H3,(H,21,26)/t17-,18-/m0/s1. The molecule has 0 aromatic heterocycles. The summed E-state index contributed by atoms with van der Waals surface area (Å²) in [5.74, 6) is -1.18. The number of anilines is 2. The van der Waals surface area contributed by atoms with Crippen LogP contribution < -0.4 is 10.2 Å². The number of amides is 3. The normalized spacial score (nSPS) is 20.6. The van der Waals surface area contributed by atoms with Crippen molar-refractivity contribution in [2.24, 2.45) is 10.3 Å². The van der Waals surface area contributed by atoms with Gasteiger partial charge in [-0.15, -0.1) is 0 Å². The van der Waals surface area contributed by atoms with Gasteiger partial charge in [-0.2, -0.15) is 5.11 Å². The van der Waals surface area contributed by atoms with Crippen molar-refractivity contribution in [1.29, 1.82) is 0 Å². The molecule has 2 heterocycles. The smallest absolute Gasteiger partial charge is 0.263 e. The second-order valence-electron chi connectivity index (χ2n) is 6.96. The molecule has 2 aromatic carbocycles. The first-order valence-corrected chi connectivity index (χ1v) is 8.92. The van der Waals surface area contributed by atoms with Gasteiger partial charge >= 0.3 is 0 Å². The van der Waals surface area contributed by atoms with Gasteiger partial charge in [0.05, 0.1) is 5.69 Å². The molecule has 3 amide bonds. The summed E-state index contributed by atoms with van der Waals surface area (Å²) in [5.41, 5.74) is 3.20. The van der Waals surface area contributed by atoms with Crippen molar-refractivity contribution in [3.8, 4) is 0 Å². The fourth-order valence-corrected chi connectivity index (χ4v) is 3.37. The van der Waals surface area contributed by atoms with Crippen LogP contribution in [0.1, 0.15) is 11.1 Å². The summed E-state index contributed by atoms with van der Waals surface area (Å²) < 4.78 is 0. The lowest BCUT2D eigenvalue weighted by Gasteiger charge is -2.20. The average Bonchev–Trinajstić information content (AvgIpc) is 3.16. The zero-order valence-corrected chi connectivity index (χ0v) is 15.5. The quantitative estimate of drug-likeness (QED) is 0.827. The van der Waals surface area contributed by atoms with Crippen LogP contribution in [0.4, 0.5) is 11.4 Å². The monoisotopic (exact) mass is 377 g/mol. The molecule has 2 aliphatic rings. The minimum absolute atomic E-state index is 0.167. The molecular formula is C20H19N5O3. The molecular weight excluding hydrogens is 358 g/mol. The third-order valence-corrected chi connectivity index (χ3v) is 4.76. The Kier molecular flexibility index (Phi) is 4.38. The summed E-state index contributed by atoms with van der Waals surface area (Å²) in [4.78, 5) is 39.1. The van der Waals surface area contributed by atoms with Crippen LogP contribution >= 0.6 is 0 Å². The number of benzene rings is 2. The first-order chi connectivity index (χ1) is 13.4. The van der Waals surface area contributed by atoms with Crippen molar-refractivity contribution in [3.63, 3.8) is 0 Å². The molecule has 0 aliphatic carbocycles. The maximum absolute atomic E-state index is 12.9. The molecule has 8 nitrogen and oxygen atoms in total. The van der Waals surface area contributed by atoms with Crippen LogP contribution in [0, 0.1) is 13.8 Å². The van der Waals surface area contributed by atoms with E-state index in [9.17, 15) is 14.4 Å². The lowest BCUT2D eigenvalue weighted by Crippen LogP contribution is -2.43. The summed E-state index contributed by atoms with van der Waals surface area (Å²) in [6.07, 6.45) is 0. The van der Waals surface area contributed by atoms with Crippen LogP contribution in [0.15, 0.2) is 58.9 Å². The highest BCUT2D eigenvalue weighted by molar-refractivity contribution is 6.25. The van der Waals surface area contributed by atoms with E-state index >= 15 is 0 Å². The van der Waals surface area contributed by atoms with Crippen molar-refractivity contribution < 1.29 is 14.4 Å². The highest BCUT2D eigenvalue weighted by Crippen LogP contribution is 2.31. The fourth-order valence-electron chi connectivity index (χ4n) is 3.37. The largest absolute Gasteiger partial charge is 0.324 e. The molecule has 1 N–H and O–H groups in total. The van der Waals surface area contributed by atoms with Gasteiger partial charge in [-0.1, -0.05) is 35.1 Å². The number of aryl methyl sites for hydroxylation is 2. The van der Waals surface area contributed by atoms with Crippen LogP contribution in [-0.2, 0) is 14.4 Å². The number of hydrogen-bond donors (Lipinski definition) is 1. The molecule has 2 atom stereocenters. The fraction of sp³-hybridized carbons (Fsp3) is 0.250. The van der Waals surface area contributed by atoms with E-state index in [4.69, 9.17) is 0 Å². The number of carbonyl (C=O) groups excluding carboxylic acids is 3. The first-order valence-electron chi connectivity index (χ1n) is 8.92. The Balaban J connectivity index is 1.48. The molecule has 0 radical (unpaired) electrons. The highest BCUT2D eigenvalue weighted by atomic mass is 16.2. The van der Waals surface area contributed by atoms with Crippen molar-refractivity contribution in [2.75, 3.05) is 16.8 Å². The molecule has 0 bridgehead atoms. The van der Waals surface area contributed by atoms with Gasteiger partial charge in [0, 0.05) is 5.69 Å².